The molecule has 4 rings (SSSR count). The Hall–Kier alpha value is -2.75. The zero-order valence-corrected chi connectivity index (χ0v) is 23.2. The molecule has 0 saturated carbocycles. The largest absolute Gasteiger partial charge is 0.497 e. The van der Waals surface area contributed by atoms with Crippen LogP contribution in [0.15, 0.2) is 89.8 Å². The van der Waals surface area contributed by atoms with Gasteiger partial charge in [0, 0.05) is 6.61 Å². The Morgan fingerprint density at radius 2 is 1.56 bits per heavy atom. The number of benzene rings is 3. The summed E-state index contributed by atoms with van der Waals surface area (Å²) in [5.41, 5.74) is 2.12. The van der Waals surface area contributed by atoms with E-state index in [-0.39, 0.29) is 22.9 Å². The van der Waals surface area contributed by atoms with Gasteiger partial charge < -0.3 is 24.1 Å². The maximum atomic E-state index is 13.0. The van der Waals surface area contributed by atoms with Gasteiger partial charge in [-0.1, -0.05) is 60.7 Å². The van der Waals surface area contributed by atoms with Crippen molar-refractivity contribution in [2.45, 2.75) is 68.2 Å². The van der Waals surface area contributed by atoms with E-state index in [1.807, 2.05) is 54.6 Å². The Labute approximate surface area is 231 Å². The quantitative estimate of drug-likeness (QED) is 0.282. The molecule has 0 aliphatic carbocycles. The van der Waals surface area contributed by atoms with E-state index in [1.165, 1.54) is 0 Å². The maximum Gasteiger partial charge on any atom is 0.181 e. The second-order valence-electron chi connectivity index (χ2n) is 9.83. The topological polar surface area (TPSA) is 91.3 Å². The molecule has 7 nitrogen and oxygen atoms in total. The van der Waals surface area contributed by atoms with Gasteiger partial charge in [0.1, 0.15) is 5.75 Å². The average molecular weight is 555 g/mol. The molecule has 39 heavy (non-hydrogen) atoms. The lowest BCUT2D eigenvalue weighted by Gasteiger charge is -2.37. The zero-order valence-electron chi connectivity index (χ0n) is 22.4. The molecule has 0 radical (unpaired) electrons. The molecular weight excluding hydrogens is 516 g/mol. The Bertz CT molecular complexity index is 1220. The van der Waals surface area contributed by atoms with Gasteiger partial charge in [0.15, 0.2) is 9.84 Å². The first-order valence-corrected chi connectivity index (χ1v) is 15.1. The molecule has 1 heterocycles. The molecule has 1 fully saturated rings. The van der Waals surface area contributed by atoms with Crippen molar-refractivity contribution in [1.29, 1.82) is 0 Å². The number of aliphatic hydroxyl groups excluding tert-OH is 1. The van der Waals surface area contributed by atoms with Gasteiger partial charge in [-0.05, 0) is 61.1 Å². The van der Waals surface area contributed by atoms with Gasteiger partial charge in [0.25, 0.3) is 0 Å². The second-order valence-corrected chi connectivity index (χ2v) is 11.9. The lowest BCUT2D eigenvalue weighted by molar-refractivity contribution is -0.161. The molecule has 4 atom stereocenters. The highest BCUT2D eigenvalue weighted by molar-refractivity contribution is 7.91. The predicted molar refractivity (Wildman–Crippen MR) is 149 cm³/mol. The van der Waals surface area contributed by atoms with E-state index in [2.05, 4.69) is 0 Å². The van der Waals surface area contributed by atoms with Crippen LogP contribution in [-0.4, -0.2) is 57.4 Å². The predicted octanol–water partition coefficient (Wildman–Crippen LogP) is 4.96. The number of methoxy groups -OCH3 is 1. The minimum Gasteiger partial charge on any atom is -0.497 e. The van der Waals surface area contributed by atoms with Crippen LogP contribution in [0.2, 0.25) is 0 Å². The minimum absolute atomic E-state index is 0.230. The molecule has 0 spiro atoms. The summed E-state index contributed by atoms with van der Waals surface area (Å²) in [6.07, 6.45) is 0.247. The highest BCUT2D eigenvalue weighted by Crippen LogP contribution is 2.28. The molecule has 210 valence electrons. The van der Waals surface area contributed by atoms with Crippen molar-refractivity contribution < 1.29 is 32.5 Å². The summed E-state index contributed by atoms with van der Waals surface area (Å²) in [4.78, 5) is 0.230. The first-order valence-electron chi connectivity index (χ1n) is 13.4. The highest BCUT2D eigenvalue weighted by atomic mass is 32.2. The monoisotopic (exact) mass is 554 g/mol. The van der Waals surface area contributed by atoms with Crippen LogP contribution >= 0.6 is 0 Å². The van der Waals surface area contributed by atoms with Crippen molar-refractivity contribution in [2.24, 2.45) is 0 Å². The summed E-state index contributed by atoms with van der Waals surface area (Å²) in [6, 6.07) is 26.0. The molecule has 1 N–H and O–H groups in total. The van der Waals surface area contributed by atoms with E-state index in [4.69, 9.17) is 18.9 Å². The van der Waals surface area contributed by atoms with Crippen molar-refractivity contribution in [3.63, 3.8) is 0 Å². The van der Waals surface area contributed by atoms with E-state index in [0.29, 0.717) is 39.1 Å². The first kappa shape index (κ1) is 29.2. The Morgan fingerprint density at radius 3 is 2.26 bits per heavy atom. The Balaban J connectivity index is 1.35. The van der Waals surface area contributed by atoms with Gasteiger partial charge in [0.05, 0.1) is 55.4 Å². The minimum atomic E-state index is -3.61. The molecule has 3 aromatic rings. The molecule has 0 unspecified atom stereocenters. The second kappa shape index (κ2) is 14.6. The van der Waals surface area contributed by atoms with Crippen LogP contribution in [0.3, 0.4) is 0 Å². The van der Waals surface area contributed by atoms with Gasteiger partial charge >= 0.3 is 0 Å². The fourth-order valence-corrected chi connectivity index (χ4v) is 6.22. The molecule has 1 aliphatic rings. The van der Waals surface area contributed by atoms with E-state index in [0.717, 1.165) is 23.3 Å². The van der Waals surface area contributed by atoms with E-state index in [9.17, 15) is 13.5 Å². The summed E-state index contributed by atoms with van der Waals surface area (Å²) in [5, 5.41) is 10.6. The number of rotatable bonds is 14. The van der Waals surface area contributed by atoms with Crippen LogP contribution in [0.25, 0.3) is 0 Å². The third-order valence-corrected chi connectivity index (χ3v) is 8.70. The van der Waals surface area contributed by atoms with E-state index >= 15 is 0 Å². The van der Waals surface area contributed by atoms with Crippen LogP contribution in [-0.2, 0) is 37.3 Å². The number of sulfone groups is 1. The van der Waals surface area contributed by atoms with Crippen LogP contribution in [0.4, 0.5) is 0 Å². The summed E-state index contributed by atoms with van der Waals surface area (Å²) < 4.78 is 49.6. The van der Waals surface area contributed by atoms with Crippen molar-refractivity contribution in [2.75, 3.05) is 19.5 Å². The summed E-state index contributed by atoms with van der Waals surface area (Å²) in [7, 11) is -1.96. The number of aliphatic hydroxyl groups is 1. The smallest absolute Gasteiger partial charge is 0.181 e. The maximum absolute atomic E-state index is 13.0. The zero-order chi connectivity index (χ0) is 27.5. The van der Waals surface area contributed by atoms with E-state index in [1.54, 1.807) is 37.4 Å². The van der Waals surface area contributed by atoms with Gasteiger partial charge in [-0.3, -0.25) is 0 Å². The molecule has 1 aliphatic heterocycles. The average Bonchev–Trinajstić information content (AvgIpc) is 2.97. The fourth-order valence-electron chi connectivity index (χ4n) is 4.72. The summed E-state index contributed by atoms with van der Waals surface area (Å²) in [5.74, 6) is 0.537. The fraction of sp³-hybridized carbons (Fsp3) is 0.419. The lowest BCUT2D eigenvalue weighted by atomic mass is 9.96. The third-order valence-electron chi connectivity index (χ3n) is 6.94. The van der Waals surface area contributed by atoms with Crippen LogP contribution in [0.1, 0.15) is 36.8 Å². The first-order chi connectivity index (χ1) is 18.9. The Kier molecular flexibility index (Phi) is 10.9. The molecule has 0 amide bonds. The molecule has 1 saturated heterocycles. The van der Waals surface area contributed by atoms with Crippen LogP contribution in [0.5, 0.6) is 5.75 Å². The van der Waals surface area contributed by atoms with Crippen molar-refractivity contribution >= 4 is 9.84 Å². The third kappa shape index (κ3) is 8.88. The molecule has 3 aromatic carbocycles. The summed E-state index contributed by atoms with van der Waals surface area (Å²) in [6.45, 7) is 1.48. The van der Waals surface area contributed by atoms with E-state index < -0.39 is 22.0 Å². The summed E-state index contributed by atoms with van der Waals surface area (Å²) >= 11 is 0. The van der Waals surface area contributed by atoms with Gasteiger partial charge in [-0.2, -0.15) is 0 Å². The van der Waals surface area contributed by atoms with Crippen molar-refractivity contribution in [1.82, 2.24) is 0 Å². The normalized spacial score (nSPS) is 20.4. The number of ether oxygens (including phenoxy) is 4. The number of hydrogen-bond acceptors (Lipinski definition) is 7. The van der Waals surface area contributed by atoms with Gasteiger partial charge in [0.2, 0.25) is 0 Å². The SMILES string of the molecule is COc1ccc(COCCC[C@H](OCc2ccccc2)[C@@H]2CC[C@@H](O)[C@H](CS(=O)(=O)c3ccccc3)O2)cc1. The van der Waals surface area contributed by atoms with Gasteiger partial charge in [-0.15, -0.1) is 0 Å². The molecule has 0 bridgehead atoms. The van der Waals surface area contributed by atoms with Crippen LogP contribution in [0, 0.1) is 0 Å². The molecule has 8 heteroatoms. The Morgan fingerprint density at radius 1 is 0.897 bits per heavy atom. The molecular formula is C31H38O7S. The highest BCUT2D eigenvalue weighted by Gasteiger charge is 2.37. The number of hydrogen-bond donors (Lipinski definition) is 1. The van der Waals surface area contributed by atoms with Crippen LogP contribution < -0.4 is 4.74 Å². The standard InChI is InChI=1S/C31H38O7S/c1-35-26-16-14-25(15-17-26)21-36-20-8-13-29(37-22-24-9-4-2-5-10-24)30-19-18-28(32)31(38-30)23-39(33,34)27-11-6-3-7-12-27/h2-7,9-12,14-17,28-32H,8,13,18-23H2,1H3/t28-,29+,30+,31+/m1/s1. The van der Waals surface area contributed by atoms with Crippen molar-refractivity contribution in [3.8, 4) is 5.75 Å². The van der Waals surface area contributed by atoms with Gasteiger partial charge in [-0.25, -0.2) is 8.42 Å². The molecule has 0 aromatic heterocycles. The van der Waals surface area contributed by atoms with Crippen molar-refractivity contribution in [3.05, 3.63) is 96.1 Å². The lowest BCUT2D eigenvalue weighted by Crippen LogP contribution is -2.47.